The van der Waals surface area contributed by atoms with Gasteiger partial charge in [-0.15, -0.1) is 16.7 Å². The fourth-order valence-corrected chi connectivity index (χ4v) is 7.75. The van der Waals surface area contributed by atoms with E-state index in [1.165, 1.54) is 22.7 Å². The highest BCUT2D eigenvalue weighted by Gasteiger charge is 2.54. The summed E-state index contributed by atoms with van der Waals surface area (Å²) < 4.78 is 18.9. The lowest BCUT2D eigenvalue weighted by molar-refractivity contribution is -0.150. The molecule has 0 radical (unpaired) electrons. The second kappa shape index (κ2) is 13.2. The first kappa shape index (κ1) is 32.9. The molecule has 0 bridgehead atoms. The number of nitrogens with one attached hydrogen (secondary N) is 1. The van der Waals surface area contributed by atoms with E-state index in [4.69, 9.17) is 19.3 Å². The third-order valence-corrected chi connectivity index (χ3v) is 10.2. The molecule has 21 heteroatoms. The number of nitrogens with two attached hydrogens (primary N) is 1. The number of carboxylic acid groups (broad SMARTS) is 1. The smallest absolute Gasteiger partial charge is 0.477 e. The number of ether oxygens (including phenoxy) is 1. The van der Waals surface area contributed by atoms with Crippen LogP contribution in [0.2, 0.25) is 0 Å². The molecule has 4 N–H and O–H groups in total. The van der Waals surface area contributed by atoms with Gasteiger partial charge in [-0.25, -0.2) is 19.4 Å². The Balaban J connectivity index is 1.09. The maximum absolute atomic E-state index is 13.4. The maximum atomic E-state index is 13.4. The number of nitrogen functional groups attached to an aromatic ring is 1. The van der Waals surface area contributed by atoms with Crippen LogP contribution in [-0.2, 0) is 36.9 Å². The highest BCUT2D eigenvalue weighted by atomic mass is 32.2. The van der Waals surface area contributed by atoms with Gasteiger partial charge in [0.15, 0.2) is 29.1 Å². The fourth-order valence-electron chi connectivity index (χ4n) is 5.98. The molecule has 6 heterocycles. The highest BCUT2D eigenvalue weighted by Crippen LogP contribution is 2.41. The van der Waals surface area contributed by atoms with E-state index < -0.39 is 47.2 Å². The number of thioether (sulfide) groups is 1. The summed E-state index contributed by atoms with van der Waals surface area (Å²) in [7, 11) is 0. The predicted molar refractivity (Wildman–Crippen MR) is 164 cm³/mol. The van der Waals surface area contributed by atoms with Gasteiger partial charge in [0.1, 0.15) is 17.1 Å². The van der Waals surface area contributed by atoms with Crippen molar-refractivity contribution in [3.8, 4) is 0 Å². The molecule has 4 amide bonds. The third-order valence-electron chi connectivity index (χ3n) is 8.29. The van der Waals surface area contributed by atoms with Gasteiger partial charge in [-0.2, -0.15) is 4.37 Å². The van der Waals surface area contributed by atoms with Crippen molar-refractivity contribution in [2.45, 2.75) is 56.3 Å². The van der Waals surface area contributed by atoms with Gasteiger partial charge in [-0.1, -0.05) is 6.92 Å². The molecule has 6 rings (SSSR count). The molecule has 0 aromatic carbocycles. The summed E-state index contributed by atoms with van der Waals surface area (Å²) in [6, 6.07) is -3.06. The number of amides is 4. The van der Waals surface area contributed by atoms with Crippen LogP contribution >= 0.6 is 23.3 Å². The molecular weight excluding hydrogens is 676 g/mol. The van der Waals surface area contributed by atoms with Crippen LogP contribution in [0, 0.1) is 4.91 Å². The standard InChI is InChI=1S/C27H28N8O11S2/c1-2-14-15(46-27(42)45-14)9-44-26(41)33-5-4-13(8-33)34-6-3-11(21(34)37)7-12-10-47-23-17(22(38)35(23)18(12)24(39)40)29-20(36)16(31-43)19-30-25(28)48-32-19/h7,13,16-17,23H,2-6,8-10H2,1H3,(H,29,36)(H,39,40)(H2,28,30,32)/t13-,16?,17-,23-/m1/s1. The van der Waals surface area contributed by atoms with Crippen LogP contribution in [0.25, 0.3) is 0 Å². The van der Waals surface area contributed by atoms with Gasteiger partial charge in [-0.05, 0) is 29.7 Å². The molecule has 0 aliphatic carbocycles. The monoisotopic (exact) mass is 704 g/mol. The lowest BCUT2D eigenvalue weighted by atomic mass is 10.0. The van der Waals surface area contributed by atoms with E-state index >= 15 is 0 Å². The number of fused-ring (bicyclic) bond motifs is 1. The first-order valence-corrected chi connectivity index (χ1v) is 16.5. The van der Waals surface area contributed by atoms with Gasteiger partial charge in [0, 0.05) is 48.9 Å². The van der Waals surface area contributed by atoms with Crippen molar-refractivity contribution in [2.24, 2.45) is 5.18 Å². The van der Waals surface area contributed by atoms with Gasteiger partial charge in [-0.3, -0.25) is 19.3 Å². The highest BCUT2D eigenvalue weighted by molar-refractivity contribution is 8.00. The molecule has 1 unspecified atom stereocenters. The number of nitroso groups, excluding NO2 is 1. The Morgan fingerprint density at radius 3 is 2.69 bits per heavy atom. The van der Waals surface area contributed by atoms with Crippen LogP contribution in [0.1, 0.15) is 43.2 Å². The number of hydrogen-bond donors (Lipinski definition) is 3. The van der Waals surface area contributed by atoms with Crippen LogP contribution in [0.5, 0.6) is 0 Å². The fraction of sp³-hybridized carbons (Fsp3) is 0.481. The Morgan fingerprint density at radius 2 is 2.00 bits per heavy atom. The summed E-state index contributed by atoms with van der Waals surface area (Å²) in [4.78, 5) is 94.9. The molecule has 4 atom stereocenters. The summed E-state index contributed by atoms with van der Waals surface area (Å²) >= 11 is 1.96. The van der Waals surface area contributed by atoms with Crippen LogP contribution in [-0.4, -0.2) is 102 Å². The zero-order valence-corrected chi connectivity index (χ0v) is 26.8. The lowest BCUT2D eigenvalue weighted by Gasteiger charge is -2.49. The topological polar surface area (TPSA) is 261 Å². The van der Waals surface area contributed by atoms with Crippen molar-refractivity contribution in [1.29, 1.82) is 0 Å². The molecule has 19 nitrogen and oxygen atoms in total. The summed E-state index contributed by atoms with van der Waals surface area (Å²) in [6.45, 7) is 2.40. The maximum Gasteiger partial charge on any atom is 0.519 e. The van der Waals surface area contributed by atoms with Gasteiger partial charge in [0.2, 0.25) is 11.9 Å². The van der Waals surface area contributed by atoms with Crippen molar-refractivity contribution < 1.29 is 42.7 Å². The van der Waals surface area contributed by atoms with E-state index in [1.807, 2.05) is 0 Å². The number of aromatic nitrogens is 2. The van der Waals surface area contributed by atoms with Crippen molar-refractivity contribution in [2.75, 3.05) is 31.1 Å². The Bertz CT molecular complexity index is 1820. The predicted octanol–water partition coefficient (Wildman–Crippen LogP) is 0.345. The largest absolute Gasteiger partial charge is 0.519 e. The summed E-state index contributed by atoms with van der Waals surface area (Å²) in [5.74, 6) is -3.86. The van der Waals surface area contributed by atoms with Crippen LogP contribution in [0.4, 0.5) is 9.93 Å². The number of aryl methyl sites for hydroxylation is 1. The van der Waals surface area contributed by atoms with E-state index in [9.17, 15) is 38.8 Å². The number of carbonyl (C=O) groups excluding carboxylic acids is 4. The second-order valence-electron chi connectivity index (χ2n) is 11.1. The number of aliphatic carboxylic acids is 1. The van der Waals surface area contributed by atoms with Crippen LogP contribution < -0.4 is 16.9 Å². The van der Waals surface area contributed by atoms with Crippen LogP contribution in [0.3, 0.4) is 0 Å². The number of carbonyl (C=O) groups is 5. The minimum atomic E-state index is -1.64. The van der Waals surface area contributed by atoms with Gasteiger partial charge in [0.25, 0.3) is 11.8 Å². The zero-order chi connectivity index (χ0) is 34.3. The number of rotatable bonds is 10. The quantitative estimate of drug-likeness (QED) is 0.171. The lowest BCUT2D eigenvalue weighted by Crippen LogP contribution is -2.70. The molecule has 0 spiro atoms. The molecular formula is C27H28N8O11S2. The van der Waals surface area contributed by atoms with E-state index in [-0.39, 0.29) is 58.8 Å². The number of allylic oxidation sites excluding steroid dienone is 1. The minimum absolute atomic E-state index is 0.0258. The Morgan fingerprint density at radius 1 is 1.23 bits per heavy atom. The minimum Gasteiger partial charge on any atom is -0.477 e. The molecule has 3 fully saturated rings. The molecule has 2 aromatic heterocycles. The average molecular weight is 705 g/mol. The van der Waals surface area contributed by atoms with Crippen molar-refractivity contribution >= 4 is 58.2 Å². The Hall–Kier alpha value is -5.05. The molecule has 48 heavy (non-hydrogen) atoms. The molecule has 3 saturated heterocycles. The third kappa shape index (κ3) is 6.05. The zero-order valence-electron chi connectivity index (χ0n) is 25.2. The molecule has 2 aromatic rings. The summed E-state index contributed by atoms with van der Waals surface area (Å²) in [5, 5.41) is 14.5. The van der Waals surface area contributed by atoms with Crippen molar-refractivity contribution in [3.05, 3.63) is 55.8 Å². The number of anilines is 1. The van der Waals surface area contributed by atoms with E-state index in [1.54, 1.807) is 11.8 Å². The second-order valence-corrected chi connectivity index (χ2v) is 13.0. The normalized spacial score (nSPS) is 23.7. The SMILES string of the molecule is CCc1oc(=O)oc1COC(=O)N1CC[C@@H](N2CCC(=CC3=C(C(=O)O)N4C(=O)[C@@H](NC(=O)C(N=O)c5nsc(N)n5)[C@H]4SC3)C2=O)C1. The van der Waals surface area contributed by atoms with E-state index in [0.29, 0.717) is 43.7 Å². The van der Waals surface area contributed by atoms with Gasteiger partial charge < -0.3 is 39.5 Å². The van der Waals surface area contributed by atoms with Crippen LogP contribution in [0.15, 0.2) is 41.7 Å². The molecule has 254 valence electrons. The number of nitrogens with zero attached hydrogens (tertiary/aromatic N) is 6. The summed E-state index contributed by atoms with van der Waals surface area (Å²) in [6.07, 6.45) is 2.07. The Kier molecular flexibility index (Phi) is 9.05. The van der Waals surface area contributed by atoms with Crippen molar-refractivity contribution in [1.82, 2.24) is 29.4 Å². The number of hydrogen-bond acceptors (Lipinski definition) is 16. The molecule has 0 saturated carbocycles. The first-order chi connectivity index (χ1) is 23.0. The Labute approximate surface area is 278 Å². The van der Waals surface area contributed by atoms with Gasteiger partial charge in [0.05, 0.1) is 6.04 Å². The van der Waals surface area contributed by atoms with E-state index in [0.717, 1.165) is 16.4 Å². The number of likely N-dealkylation sites (tertiary alicyclic amines) is 2. The number of carboxylic acids is 1. The van der Waals surface area contributed by atoms with Crippen molar-refractivity contribution in [3.63, 3.8) is 0 Å². The molecule has 4 aliphatic heterocycles. The summed E-state index contributed by atoms with van der Waals surface area (Å²) in [5.41, 5.74) is 5.83. The first-order valence-electron chi connectivity index (χ1n) is 14.7. The van der Waals surface area contributed by atoms with Gasteiger partial charge >= 0.3 is 17.9 Å². The van der Waals surface area contributed by atoms with E-state index in [2.05, 4.69) is 19.9 Å². The average Bonchev–Trinajstić information content (AvgIpc) is 3.86. The molecule has 4 aliphatic rings. The number of β-lactam (4-membered cyclic amide) rings is 1.